The molecule has 106 valence electrons. The predicted octanol–water partition coefficient (Wildman–Crippen LogP) is 2.42. The second kappa shape index (κ2) is 5.29. The summed E-state index contributed by atoms with van der Waals surface area (Å²) in [7, 11) is 1.70. The van der Waals surface area contributed by atoms with Gasteiger partial charge in [0.15, 0.2) is 0 Å². The number of hydrogen-bond acceptors (Lipinski definition) is 4. The van der Waals surface area contributed by atoms with Crippen LogP contribution in [-0.2, 0) is 0 Å². The number of aromatic nitrogens is 1. The number of pyridine rings is 1. The van der Waals surface area contributed by atoms with Crippen molar-refractivity contribution in [2.45, 2.75) is 19.4 Å². The van der Waals surface area contributed by atoms with Crippen LogP contribution in [0, 0.1) is 5.92 Å². The Hall–Kier alpha value is -1.81. The van der Waals surface area contributed by atoms with Gasteiger partial charge in [-0.25, -0.2) is 4.98 Å². The quantitative estimate of drug-likeness (QED) is 0.931. The molecule has 1 aromatic heterocycles. The molecule has 2 atom stereocenters. The van der Waals surface area contributed by atoms with E-state index < -0.39 is 0 Å². The normalized spacial score (nSPS) is 22.4. The molecule has 0 saturated carbocycles. The first kappa shape index (κ1) is 13.2. The van der Waals surface area contributed by atoms with E-state index in [1.807, 2.05) is 24.4 Å². The molecule has 4 heteroatoms. The second-order valence-corrected chi connectivity index (χ2v) is 5.45. The average molecular weight is 271 g/mol. The lowest BCUT2D eigenvalue weighted by Gasteiger charge is -2.27. The van der Waals surface area contributed by atoms with Gasteiger partial charge in [-0.05, 0) is 24.5 Å². The minimum Gasteiger partial charge on any atom is -0.496 e. The highest BCUT2D eigenvalue weighted by Gasteiger charge is 2.31. The minimum atomic E-state index is 0.374. The van der Waals surface area contributed by atoms with Crippen LogP contribution in [0.15, 0.2) is 30.5 Å². The van der Waals surface area contributed by atoms with Gasteiger partial charge < -0.3 is 15.4 Å². The van der Waals surface area contributed by atoms with Crippen molar-refractivity contribution in [3.05, 3.63) is 30.5 Å². The fraction of sp³-hybridized carbons (Fsp3) is 0.438. The smallest absolute Gasteiger partial charge is 0.136 e. The van der Waals surface area contributed by atoms with Gasteiger partial charge in [0.05, 0.1) is 7.11 Å². The van der Waals surface area contributed by atoms with Gasteiger partial charge in [-0.15, -0.1) is 0 Å². The topological polar surface area (TPSA) is 51.4 Å². The summed E-state index contributed by atoms with van der Waals surface area (Å²) in [6, 6.07) is 8.49. The van der Waals surface area contributed by atoms with Gasteiger partial charge in [0.1, 0.15) is 11.6 Å². The average Bonchev–Trinajstić information content (AvgIpc) is 2.86. The third kappa shape index (κ3) is 2.00. The molecule has 3 rings (SSSR count). The zero-order valence-corrected chi connectivity index (χ0v) is 12.0. The van der Waals surface area contributed by atoms with Crippen LogP contribution in [0.25, 0.3) is 10.8 Å². The van der Waals surface area contributed by atoms with Gasteiger partial charge in [0, 0.05) is 36.1 Å². The van der Waals surface area contributed by atoms with Gasteiger partial charge in [0.2, 0.25) is 0 Å². The Morgan fingerprint density at radius 2 is 2.20 bits per heavy atom. The first-order valence-corrected chi connectivity index (χ1v) is 7.14. The summed E-state index contributed by atoms with van der Waals surface area (Å²) >= 11 is 0. The number of rotatable bonds is 3. The third-order valence-corrected chi connectivity index (χ3v) is 4.36. The molecule has 2 N–H and O–H groups in total. The van der Waals surface area contributed by atoms with Crippen LogP contribution < -0.4 is 15.4 Å². The van der Waals surface area contributed by atoms with Gasteiger partial charge in [-0.2, -0.15) is 0 Å². The summed E-state index contributed by atoms with van der Waals surface area (Å²) in [4.78, 5) is 6.97. The van der Waals surface area contributed by atoms with E-state index in [9.17, 15) is 0 Å². The molecule has 2 heterocycles. The van der Waals surface area contributed by atoms with Crippen molar-refractivity contribution in [3.63, 3.8) is 0 Å². The molecule has 2 unspecified atom stereocenters. The Morgan fingerprint density at radius 3 is 2.95 bits per heavy atom. The Bertz CT molecular complexity index is 614. The van der Waals surface area contributed by atoms with Gasteiger partial charge >= 0.3 is 0 Å². The largest absolute Gasteiger partial charge is 0.496 e. The molecule has 0 amide bonds. The number of hydrogen-bond donors (Lipinski definition) is 1. The van der Waals surface area contributed by atoms with E-state index in [-0.39, 0.29) is 0 Å². The number of nitrogens with zero attached hydrogens (tertiary/aromatic N) is 2. The summed E-state index contributed by atoms with van der Waals surface area (Å²) < 4.78 is 5.45. The summed E-state index contributed by atoms with van der Waals surface area (Å²) in [5, 5.41) is 2.25. The number of nitrogens with two attached hydrogens (primary N) is 1. The highest BCUT2D eigenvalue weighted by Crippen LogP contribution is 2.35. The molecule has 0 bridgehead atoms. The number of fused-ring (bicyclic) bond motifs is 1. The Kier molecular flexibility index (Phi) is 3.49. The molecule has 20 heavy (non-hydrogen) atoms. The van der Waals surface area contributed by atoms with Crippen molar-refractivity contribution in [3.8, 4) is 5.75 Å². The first-order valence-electron chi connectivity index (χ1n) is 7.14. The van der Waals surface area contributed by atoms with Crippen LogP contribution in [-0.4, -0.2) is 31.2 Å². The summed E-state index contributed by atoms with van der Waals surface area (Å²) in [5.41, 5.74) is 5.96. The van der Waals surface area contributed by atoms with E-state index in [1.54, 1.807) is 7.11 Å². The van der Waals surface area contributed by atoms with Gasteiger partial charge in [-0.1, -0.05) is 19.1 Å². The molecular formula is C16H21N3O. The van der Waals surface area contributed by atoms with E-state index in [1.165, 1.54) is 6.42 Å². The highest BCUT2D eigenvalue weighted by molar-refractivity contribution is 5.96. The third-order valence-electron chi connectivity index (χ3n) is 4.36. The number of ether oxygens (including phenoxy) is 1. The van der Waals surface area contributed by atoms with Crippen LogP contribution >= 0.6 is 0 Å². The van der Waals surface area contributed by atoms with E-state index in [4.69, 9.17) is 10.5 Å². The Balaban J connectivity index is 2.12. The summed E-state index contributed by atoms with van der Waals surface area (Å²) in [5.74, 6) is 2.53. The molecule has 1 aliphatic heterocycles. The Labute approximate surface area is 119 Å². The second-order valence-electron chi connectivity index (χ2n) is 5.45. The van der Waals surface area contributed by atoms with Crippen molar-refractivity contribution in [1.29, 1.82) is 0 Å². The molecule has 2 aromatic rings. The van der Waals surface area contributed by atoms with E-state index in [0.29, 0.717) is 18.5 Å². The van der Waals surface area contributed by atoms with Crippen molar-refractivity contribution in [2.24, 2.45) is 11.7 Å². The van der Waals surface area contributed by atoms with Gasteiger partial charge in [0.25, 0.3) is 0 Å². The molecule has 4 nitrogen and oxygen atoms in total. The Morgan fingerprint density at radius 1 is 1.35 bits per heavy atom. The van der Waals surface area contributed by atoms with E-state index >= 15 is 0 Å². The lowest BCUT2D eigenvalue weighted by atomic mass is 10.0. The molecule has 1 fully saturated rings. The van der Waals surface area contributed by atoms with Crippen LogP contribution in [0.4, 0.5) is 5.82 Å². The summed E-state index contributed by atoms with van der Waals surface area (Å²) in [6.45, 7) is 3.96. The molecule has 1 aliphatic rings. The fourth-order valence-electron chi connectivity index (χ4n) is 3.20. The molecule has 1 saturated heterocycles. The monoisotopic (exact) mass is 271 g/mol. The molecule has 0 aliphatic carbocycles. The fourth-order valence-corrected chi connectivity index (χ4v) is 3.20. The van der Waals surface area contributed by atoms with Crippen LogP contribution in [0.3, 0.4) is 0 Å². The maximum atomic E-state index is 5.96. The van der Waals surface area contributed by atoms with Crippen LogP contribution in [0.2, 0.25) is 0 Å². The molecule has 0 spiro atoms. The van der Waals surface area contributed by atoms with Crippen LogP contribution in [0.1, 0.15) is 13.3 Å². The first-order chi connectivity index (χ1) is 9.76. The zero-order chi connectivity index (χ0) is 14.1. The zero-order valence-electron chi connectivity index (χ0n) is 12.0. The maximum Gasteiger partial charge on any atom is 0.136 e. The molecular weight excluding hydrogens is 250 g/mol. The number of methoxy groups -OCH3 is 1. The maximum absolute atomic E-state index is 5.96. The predicted molar refractivity (Wildman–Crippen MR) is 82.3 cm³/mol. The lowest BCUT2D eigenvalue weighted by molar-refractivity contribution is 0.420. The molecule has 1 aromatic carbocycles. The SMILES string of the molecule is COc1cccc2c(N3CCC(C)C3CN)nccc12. The minimum absolute atomic E-state index is 0.374. The van der Waals surface area contributed by atoms with Crippen molar-refractivity contribution in [1.82, 2.24) is 4.98 Å². The number of benzene rings is 1. The molecule has 0 radical (unpaired) electrons. The lowest BCUT2D eigenvalue weighted by Crippen LogP contribution is -2.38. The highest BCUT2D eigenvalue weighted by atomic mass is 16.5. The van der Waals surface area contributed by atoms with Crippen LogP contribution in [0.5, 0.6) is 5.75 Å². The van der Waals surface area contributed by atoms with E-state index in [2.05, 4.69) is 22.9 Å². The van der Waals surface area contributed by atoms with Crippen molar-refractivity contribution >= 4 is 16.6 Å². The standard InChI is InChI=1S/C16H21N3O/c1-11-7-9-19(14(11)10-17)16-13-4-3-5-15(20-2)12(13)6-8-18-16/h3-6,8,11,14H,7,9-10,17H2,1-2H3. The van der Waals surface area contributed by atoms with Crippen molar-refractivity contribution in [2.75, 3.05) is 25.1 Å². The van der Waals surface area contributed by atoms with Gasteiger partial charge in [-0.3, -0.25) is 0 Å². The van der Waals surface area contributed by atoms with Crippen molar-refractivity contribution < 1.29 is 4.74 Å². The summed E-state index contributed by atoms with van der Waals surface area (Å²) in [6.07, 6.45) is 3.03. The number of anilines is 1. The van der Waals surface area contributed by atoms with E-state index in [0.717, 1.165) is 28.9 Å².